The molecular formula is C19H33NO4Si. The van der Waals surface area contributed by atoms with Gasteiger partial charge in [-0.25, -0.2) is 4.79 Å². The van der Waals surface area contributed by atoms with Gasteiger partial charge in [-0.2, -0.15) is 0 Å². The molecular weight excluding hydrogens is 334 g/mol. The number of ether oxygens (including phenoxy) is 1. The van der Waals surface area contributed by atoms with E-state index in [1.165, 1.54) is 0 Å². The highest BCUT2D eigenvalue weighted by Crippen LogP contribution is 2.37. The molecule has 1 aromatic rings. The van der Waals surface area contributed by atoms with Gasteiger partial charge in [-0.05, 0) is 45.0 Å². The molecule has 1 atom stereocenters. The smallest absolute Gasteiger partial charge is 0.408 e. The molecule has 5 nitrogen and oxygen atoms in total. The zero-order chi connectivity index (χ0) is 19.5. The zero-order valence-corrected chi connectivity index (χ0v) is 17.8. The van der Waals surface area contributed by atoms with Gasteiger partial charge in [-0.15, -0.1) is 0 Å². The van der Waals surface area contributed by atoms with Crippen molar-refractivity contribution < 1.29 is 19.1 Å². The number of phenols is 1. The second-order valence-corrected chi connectivity index (χ2v) is 13.6. The molecule has 25 heavy (non-hydrogen) atoms. The Labute approximate surface area is 152 Å². The summed E-state index contributed by atoms with van der Waals surface area (Å²) in [7, 11) is -1.99. The Hall–Kier alpha value is -1.53. The van der Waals surface area contributed by atoms with Gasteiger partial charge in [0.1, 0.15) is 11.4 Å². The Bertz CT molecular complexity index is 588. The fraction of sp³-hybridized carbons (Fsp3) is 0.632. The predicted molar refractivity (Wildman–Crippen MR) is 103 cm³/mol. The summed E-state index contributed by atoms with van der Waals surface area (Å²) in [6, 6.07) is 6.48. The number of phenolic OH excluding ortho intramolecular Hbond substituents is 1. The van der Waals surface area contributed by atoms with Crippen molar-refractivity contribution in [1.82, 2.24) is 5.32 Å². The van der Waals surface area contributed by atoms with Gasteiger partial charge < -0.3 is 19.6 Å². The standard InChI is InChI=1S/C19H33NO4Si/c1-18(2,3)24-17(22)20-15(14-11-9-10-12-16(14)21)13-23-25(7,8)19(4,5)6/h9-12,15,21H,13H2,1-8H3,(H,20,22)/t15-/m1/s1. The third kappa shape index (κ3) is 6.70. The molecule has 0 saturated heterocycles. The first-order valence-electron chi connectivity index (χ1n) is 8.64. The molecule has 0 aliphatic rings. The van der Waals surface area contributed by atoms with Crippen LogP contribution in [0.4, 0.5) is 4.79 Å². The monoisotopic (exact) mass is 367 g/mol. The van der Waals surface area contributed by atoms with Crippen molar-refractivity contribution in [1.29, 1.82) is 0 Å². The first-order chi connectivity index (χ1) is 11.2. The maximum Gasteiger partial charge on any atom is 0.408 e. The summed E-state index contributed by atoms with van der Waals surface area (Å²) < 4.78 is 11.6. The minimum absolute atomic E-state index is 0.0577. The highest BCUT2D eigenvalue weighted by molar-refractivity contribution is 6.74. The number of aromatic hydroxyl groups is 1. The van der Waals surface area contributed by atoms with E-state index in [0.29, 0.717) is 5.56 Å². The van der Waals surface area contributed by atoms with Crippen molar-refractivity contribution in [3.05, 3.63) is 29.8 Å². The van der Waals surface area contributed by atoms with Crippen LogP contribution in [0, 0.1) is 0 Å². The molecule has 6 heteroatoms. The number of hydrogen-bond acceptors (Lipinski definition) is 4. The van der Waals surface area contributed by atoms with Gasteiger partial charge in [0.05, 0.1) is 12.6 Å². The van der Waals surface area contributed by atoms with Crippen LogP contribution in [0.3, 0.4) is 0 Å². The molecule has 0 saturated carbocycles. The van der Waals surface area contributed by atoms with Gasteiger partial charge in [-0.3, -0.25) is 0 Å². The number of nitrogens with one attached hydrogen (secondary N) is 1. The zero-order valence-electron chi connectivity index (χ0n) is 16.8. The van der Waals surface area contributed by atoms with Crippen LogP contribution in [0.25, 0.3) is 0 Å². The average molecular weight is 368 g/mol. The van der Waals surface area contributed by atoms with Gasteiger partial charge in [0.15, 0.2) is 8.32 Å². The molecule has 1 rings (SSSR count). The Morgan fingerprint density at radius 2 is 1.72 bits per heavy atom. The number of carbonyl (C=O) groups is 1. The van der Waals surface area contributed by atoms with E-state index in [1.54, 1.807) is 18.2 Å². The molecule has 0 aliphatic heterocycles. The Balaban J connectivity index is 2.97. The SMILES string of the molecule is CC(C)(C)OC(=O)N[C@H](CO[Si](C)(C)C(C)(C)C)c1ccccc1O. The van der Waals surface area contributed by atoms with Gasteiger partial charge in [0.25, 0.3) is 0 Å². The van der Waals surface area contributed by atoms with Gasteiger partial charge in [-0.1, -0.05) is 39.0 Å². The highest BCUT2D eigenvalue weighted by Gasteiger charge is 2.38. The third-order valence-electron chi connectivity index (χ3n) is 4.42. The quantitative estimate of drug-likeness (QED) is 0.720. The molecule has 0 aliphatic carbocycles. The van der Waals surface area contributed by atoms with E-state index in [2.05, 4.69) is 39.2 Å². The largest absolute Gasteiger partial charge is 0.508 e. The van der Waals surface area contributed by atoms with E-state index in [9.17, 15) is 9.90 Å². The number of benzene rings is 1. The van der Waals surface area contributed by atoms with Crippen LogP contribution < -0.4 is 5.32 Å². The molecule has 0 bridgehead atoms. The summed E-state index contributed by atoms with van der Waals surface area (Å²) in [5, 5.41) is 13.1. The Morgan fingerprint density at radius 3 is 2.20 bits per heavy atom. The third-order valence-corrected chi connectivity index (χ3v) is 8.92. The summed E-state index contributed by atoms with van der Waals surface area (Å²) in [5.74, 6) is 0.127. The van der Waals surface area contributed by atoms with E-state index < -0.39 is 26.1 Å². The number of hydrogen-bond donors (Lipinski definition) is 2. The second kappa shape index (κ2) is 7.79. The van der Waals surface area contributed by atoms with Crippen molar-refractivity contribution >= 4 is 14.4 Å². The minimum Gasteiger partial charge on any atom is -0.508 e. The van der Waals surface area contributed by atoms with Crippen LogP contribution in [0.1, 0.15) is 53.1 Å². The van der Waals surface area contributed by atoms with E-state index in [0.717, 1.165) is 0 Å². The first-order valence-corrected chi connectivity index (χ1v) is 11.5. The molecule has 142 valence electrons. The maximum atomic E-state index is 12.2. The number of carbonyl (C=O) groups excluding carboxylic acids is 1. The van der Waals surface area contributed by atoms with E-state index in [1.807, 2.05) is 26.8 Å². The van der Waals surface area contributed by atoms with E-state index in [-0.39, 0.29) is 17.4 Å². The van der Waals surface area contributed by atoms with Crippen LogP contribution in [0.5, 0.6) is 5.75 Å². The lowest BCUT2D eigenvalue weighted by Gasteiger charge is -2.37. The Morgan fingerprint density at radius 1 is 1.16 bits per heavy atom. The fourth-order valence-corrected chi connectivity index (χ4v) is 2.97. The van der Waals surface area contributed by atoms with Crippen LogP contribution in [0.15, 0.2) is 24.3 Å². The molecule has 1 amide bonds. The summed E-state index contributed by atoms with van der Waals surface area (Å²) in [6.07, 6.45) is -0.528. The lowest BCUT2D eigenvalue weighted by Crippen LogP contribution is -2.44. The fourth-order valence-electron chi connectivity index (χ4n) is 1.95. The maximum absolute atomic E-state index is 12.2. The van der Waals surface area contributed by atoms with Crippen molar-refractivity contribution in [3.8, 4) is 5.75 Å². The van der Waals surface area contributed by atoms with Crippen LogP contribution >= 0.6 is 0 Å². The molecule has 1 aromatic carbocycles. The lowest BCUT2D eigenvalue weighted by atomic mass is 10.1. The van der Waals surface area contributed by atoms with Gasteiger partial charge >= 0.3 is 6.09 Å². The number of para-hydroxylation sites is 1. The first kappa shape index (κ1) is 21.5. The normalized spacial score (nSPS) is 14.1. The molecule has 2 N–H and O–H groups in total. The summed E-state index contributed by atoms with van der Waals surface area (Å²) >= 11 is 0. The van der Waals surface area contributed by atoms with Crippen molar-refractivity contribution in [2.24, 2.45) is 0 Å². The molecule has 0 aromatic heterocycles. The molecule has 0 heterocycles. The van der Waals surface area contributed by atoms with Crippen LogP contribution in [0.2, 0.25) is 18.1 Å². The van der Waals surface area contributed by atoms with Crippen molar-refractivity contribution in [2.75, 3.05) is 6.61 Å². The average Bonchev–Trinajstić information content (AvgIpc) is 2.41. The molecule has 0 unspecified atom stereocenters. The number of rotatable bonds is 5. The summed E-state index contributed by atoms with van der Waals surface area (Å²) in [6.45, 7) is 16.5. The Kier molecular flexibility index (Phi) is 6.70. The van der Waals surface area contributed by atoms with Crippen LogP contribution in [-0.4, -0.2) is 31.7 Å². The van der Waals surface area contributed by atoms with Crippen molar-refractivity contribution in [3.63, 3.8) is 0 Å². The minimum atomic E-state index is -1.99. The van der Waals surface area contributed by atoms with E-state index in [4.69, 9.17) is 9.16 Å². The predicted octanol–water partition coefficient (Wildman–Crippen LogP) is 4.98. The van der Waals surface area contributed by atoms with Gasteiger partial charge in [0, 0.05) is 5.56 Å². The van der Waals surface area contributed by atoms with Crippen molar-refractivity contribution in [2.45, 2.75) is 71.3 Å². The number of alkyl carbamates (subject to hydrolysis) is 1. The summed E-state index contributed by atoms with van der Waals surface area (Å²) in [5.41, 5.74) is 0.0280. The molecule has 0 radical (unpaired) electrons. The number of amides is 1. The molecule has 0 spiro atoms. The molecule has 0 fully saturated rings. The lowest BCUT2D eigenvalue weighted by molar-refractivity contribution is 0.0483. The van der Waals surface area contributed by atoms with E-state index >= 15 is 0 Å². The second-order valence-electron chi connectivity index (χ2n) is 8.83. The highest BCUT2D eigenvalue weighted by atomic mass is 28.4. The van der Waals surface area contributed by atoms with Crippen LogP contribution in [-0.2, 0) is 9.16 Å². The summed E-state index contributed by atoms with van der Waals surface area (Å²) in [4.78, 5) is 12.2. The van der Waals surface area contributed by atoms with Gasteiger partial charge in [0.2, 0.25) is 0 Å². The topological polar surface area (TPSA) is 67.8 Å².